The van der Waals surface area contributed by atoms with Crippen molar-refractivity contribution in [2.45, 2.75) is 34.1 Å². The van der Waals surface area contributed by atoms with Gasteiger partial charge in [0, 0.05) is 6.42 Å². The number of para-hydroxylation sites is 1. The number of hydrogen-bond donors (Lipinski definition) is 1. The topological polar surface area (TPSA) is 55.4 Å². The molecule has 1 rings (SSSR count). The van der Waals surface area contributed by atoms with Crippen molar-refractivity contribution in [3.05, 3.63) is 29.8 Å². The van der Waals surface area contributed by atoms with Crippen LogP contribution in [0.2, 0.25) is 0 Å². The fourth-order valence-electron chi connectivity index (χ4n) is 1.66. The molecule has 19 heavy (non-hydrogen) atoms. The molecule has 0 aliphatic heterocycles. The van der Waals surface area contributed by atoms with E-state index in [0.717, 1.165) is 0 Å². The Morgan fingerprint density at radius 3 is 2.42 bits per heavy atom. The Hall–Kier alpha value is -1.84. The van der Waals surface area contributed by atoms with Gasteiger partial charge in [0.1, 0.15) is 0 Å². The molecule has 1 N–H and O–H groups in total. The normalized spacial score (nSPS) is 10.9. The van der Waals surface area contributed by atoms with Crippen molar-refractivity contribution in [3.63, 3.8) is 0 Å². The summed E-state index contributed by atoms with van der Waals surface area (Å²) in [6.07, 6.45) is 0.393. The van der Waals surface area contributed by atoms with Crippen LogP contribution in [0.1, 0.15) is 44.5 Å². The Balaban J connectivity index is 2.84. The molecule has 0 atom stereocenters. The minimum absolute atomic E-state index is 0.0943. The number of ether oxygens (including phenoxy) is 1. The molecule has 0 bridgehead atoms. The lowest BCUT2D eigenvalue weighted by Crippen LogP contribution is -2.21. The molecule has 104 valence electrons. The molecule has 0 aliphatic rings. The van der Waals surface area contributed by atoms with Gasteiger partial charge in [0.05, 0.1) is 17.9 Å². The van der Waals surface area contributed by atoms with Crippen LogP contribution in [0.3, 0.4) is 0 Å². The second-order valence-electron chi connectivity index (χ2n) is 5.55. The van der Waals surface area contributed by atoms with Gasteiger partial charge in [0.2, 0.25) is 5.91 Å². The number of carbonyl (C=O) groups excluding carboxylic acids is 2. The third-order valence-corrected chi connectivity index (χ3v) is 2.39. The van der Waals surface area contributed by atoms with Crippen LogP contribution in [-0.4, -0.2) is 18.5 Å². The average Bonchev–Trinajstić information content (AvgIpc) is 2.27. The van der Waals surface area contributed by atoms with Crippen molar-refractivity contribution >= 4 is 17.6 Å². The molecular weight excluding hydrogens is 242 g/mol. The van der Waals surface area contributed by atoms with Gasteiger partial charge in [-0.05, 0) is 24.5 Å². The van der Waals surface area contributed by atoms with E-state index >= 15 is 0 Å². The van der Waals surface area contributed by atoms with E-state index in [2.05, 4.69) is 5.32 Å². The number of amides is 1. The van der Waals surface area contributed by atoms with Crippen LogP contribution >= 0.6 is 0 Å². The van der Waals surface area contributed by atoms with Crippen molar-refractivity contribution in [2.75, 3.05) is 11.9 Å². The summed E-state index contributed by atoms with van der Waals surface area (Å²) in [7, 11) is 0. The number of benzene rings is 1. The Labute approximate surface area is 114 Å². The number of esters is 1. The summed E-state index contributed by atoms with van der Waals surface area (Å²) in [5, 5.41) is 2.77. The van der Waals surface area contributed by atoms with E-state index in [1.54, 1.807) is 31.2 Å². The Morgan fingerprint density at radius 1 is 1.21 bits per heavy atom. The molecule has 0 aromatic heterocycles. The van der Waals surface area contributed by atoms with Crippen molar-refractivity contribution in [3.8, 4) is 0 Å². The van der Waals surface area contributed by atoms with Crippen molar-refractivity contribution in [2.24, 2.45) is 5.41 Å². The monoisotopic (exact) mass is 263 g/mol. The van der Waals surface area contributed by atoms with E-state index in [1.807, 2.05) is 20.8 Å². The summed E-state index contributed by atoms with van der Waals surface area (Å²) >= 11 is 0. The summed E-state index contributed by atoms with van der Waals surface area (Å²) in [6, 6.07) is 6.86. The van der Waals surface area contributed by atoms with Gasteiger partial charge < -0.3 is 10.1 Å². The molecule has 4 heteroatoms. The smallest absolute Gasteiger partial charge is 0.340 e. The van der Waals surface area contributed by atoms with E-state index in [4.69, 9.17) is 4.74 Å². The van der Waals surface area contributed by atoms with Crippen LogP contribution in [0.4, 0.5) is 5.69 Å². The maximum atomic E-state index is 11.9. The van der Waals surface area contributed by atoms with Gasteiger partial charge in [0.25, 0.3) is 0 Å². The minimum atomic E-state index is -0.422. The summed E-state index contributed by atoms with van der Waals surface area (Å²) in [6.45, 7) is 8.03. The highest BCUT2D eigenvalue weighted by atomic mass is 16.5. The van der Waals surface area contributed by atoms with Crippen LogP contribution in [-0.2, 0) is 9.53 Å². The van der Waals surface area contributed by atoms with Gasteiger partial charge >= 0.3 is 5.97 Å². The second kappa shape index (κ2) is 6.36. The maximum Gasteiger partial charge on any atom is 0.340 e. The number of rotatable bonds is 4. The quantitative estimate of drug-likeness (QED) is 0.848. The third-order valence-electron chi connectivity index (χ3n) is 2.39. The summed E-state index contributed by atoms with van der Waals surface area (Å²) in [5.74, 6) is -0.529. The third kappa shape index (κ3) is 5.12. The zero-order chi connectivity index (χ0) is 14.5. The van der Waals surface area contributed by atoms with Crippen molar-refractivity contribution < 1.29 is 14.3 Å². The van der Waals surface area contributed by atoms with E-state index in [0.29, 0.717) is 24.3 Å². The summed E-state index contributed by atoms with van der Waals surface area (Å²) in [5.41, 5.74) is 0.782. The van der Waals surface area contributed by atoms with E-state index in [9.17, 15) is 9.59 Å². The largest absolute Gasteiger partial charge is 0.462 e. The molecule has 0 heterocycles. The fraction of sp³-hybridized carbons (Fsp3) is 0.467. The molecule has 0 saturated carbocycles. The molecule has 1 aromatic carbocycles. The average molecular weight is 263 g/mol. The molecule has 0 saturated heterocycles. The lowest BCUT2D eigenvalue weighted by molar-refractivity contribution is -0.117. The maximum absolute atomic E-state index is 11.9. The van der Waals surface area contributed by atoms with Gasteiger partial charge in [-0.3, -0.25) is 4.79 Å². The first-order valence-corrected chi connectivity index (χ1v) is 6.39. The lowest BCUT2D eigenvalue weighted by Gasteiger charge is -2.18. The predicted molar refractivity (Wildman–Crippen MR) is 75.1 cm³/mol. The first-order chi connectivity index (χ1) is 8.83. The van der Waals surface area contributed by atoms with Crippen molar-refractivity contribution in [1.82, 2.24) is 0 Å². The standard InChI is InChI=1S/C15H21NO3/c1-5-19-14(18)11-8-6-7-9-12(11)16-13(17)10-15(2,3)4/h6-9H,5,10H2,1-4H3,(H,16,17). The molecule has 0 fully saturated rings. The number of anilines is 1. The highest BCUT2D eigenvalue weighted by Crippen LogP contribution is 2.21. The zero-order valence-electron chi connectivity index (χ0n) is 11.9. The molecule has 1 amide bonds. The fourth-order valence-corrected chi connectivity index (χ4v) is 1.66. The second-order valence-corrected chi connectivity index (χ2v) is 5.55. The van der Waals surface area contributed by atoms with E-state index < -0.39 is 5.97 Å². The summed E-state index contributed by atoms with van der Waals surface area (Å²) < 4.78 is 4.96. The molecule has 4 nitrogen and oxygen atoms in total. The van der Waals surface area contributed by atoms with E-state index in [1.165, 1.54) is 0 Å². The van der Waals surface area contributed by atoms with Crippen LogP contribution in [0, 0.1) is 5.41 Å². The number of hydrogen-bond acceptors (Lipinski definition) is 3. The van der Waals surface area contributed by atoms with Gasteiger partial charge in [-0.15, -0.1) is 0 Å². The highest BCUT2D eigenvalue weighted by Gasteiger charge is 2.18. The Kier molecular flexibility index (Phi) is 5.10. The number of carbonyl (C=O) groups is 2. The Bertz CT molecular complexity index is 461. The zero-order valence-corrected chi connectivity index (χ0v) is 11.9. The first-order valence-electron chi connectivity index (χ1n) is 6.39. The van der Waals surface area contributed by atoms with Crippen LogP contribution < -0.4 is 5.32 Å². The van der Waals surface area contributed by atoms with Gasteiger partial charge in [-0.1, -0.05) is 32.9 Å². The molecule has 0 radical (unpaired) electrons. The first kappa shape index (κ1) is 15.2. The van der Waals surface area contributed by atoms with Crippen LogP contribution in [0.5, 0.6) is 0 Å². The molecular formula is C15H21NO3. The van der Waals surface area contributed by atoms with Gasteiger partial charge in [-0.25, -0.2) is 4.79 Å². The molecule has 0 spiro atoms. The van der Waals surface area contributed by atoms with Crippen molar-refractivity contribution in [1.29, 1.82) is 0 Å². The SMILES string of the molecule is CCOC(=O)c1ccccc1NC(=O)CC(C)(C)C. The highest BCUT2D eigenvalue weighted by molar-refractivity contribution is 6.01. The Morgan fingerprint density at radius 2 is 1.84 bits per heavy atom. The molecule has 0 aliphatic carbocycles. The van der Waals surface area contributed by atoms with E-state index in [-0.39, 0.29) is 11.3 Å². The van der Waals surface area contributed by atoms with Gasteiger partial charge in [0.15, 0.2) is 0 Å². The van der Waals surface area contributed by atoms with Gasteiger partial charge in [-0.2, -0.15) is 0 Å². The summed E-state index contributed by atoms with van der Waals surface area (Å²) in [4.78, 5) is 23.7. The minimum Gasteiger partial charge on any atom is -0.462 e. The molecule has 1 aromatic rings. The van der Waals surface area contributed by atoms with Crippen LogP contribution in [0.25, 0.3) is 0 Å². The molecule has 0 unspecified atom stereocenters. The number of nitrogens with one attached hydrogen (secondary N) is 1. The lowest BCUT2D eigenvalue weighted by atomic mass is 9.92. The predicted octanol–water partition coefficient (Wildman–Crippen LogP) is 3.24. The van der Waals surface area contributed by atoms with Crippen LogP contribution in [0.15, 0.2) is 24.3 Å².